The van der Waals surface area contributed by atoms with Crippen LogP contribution in [0.25, 0.3) is 0 Å². The molecule has 0 radical (unpaired) electrons. The SMILES string of the molecule is CC(NC(=O)CC1CCCCC1N)c1ccccc1Cl.Cl. The summed E-state index contributed by atoms with van der Waals surface area (Å²) in [5, 5.41) is 3.72. The van der Waals surface area contributed by atoms with Crippen molar-refractivity contribution in [2.24, 2.45) is 11.7 Å². The molecule has 1 aromatic carbocycles. The van der Waals surface area contributed by atoms with Gasteiger partial charge in [0, 0.05) is 17.5 Å². The third-order valence-electron chi connectivity index (χ3n) is 4.16. The Morgan fingerprint density at radius 3 is 2.71 bits per heavy atom. The number of amides is 1. The molecule has 1 amide bonds. The summed E-state index contributed by atoms with van der Waals surface area (Å²) in [7, 11) is 0. The number of carbonyl (C=O) groups excluding carboxylic acids is 1. The second kappa shape index (κ2) is 8.62. The highest BCUT2D eigenvalue weighted by Gasteiger charge is 2.24. The Hall–Kier alpha value is -0.770. The number of hydrogen-bond donors (Lipinski definition) is 2. The van der Waals surface area contributed by atoms with Gasteiger partial charge in [0.25, 0.3) is 0 Å². The predicted octanol–water partition coefficient (Wildman–Crippen LogP) is 3.85. The minimum absolute atomic E-state index is 0. The number of hydrogen-bond acceptors (Lipinski definition) is 2. The lowest BCUT2D eigenvalue weighted by atomic mass is 9.83. The Balaban J connectivity index is 0.00000220. The van der Waals surface area contributed by atoms with Crippen molar-refractivity contribution in [3.8, 4) is 0 Å². The van der Waals surface area contributed by atoms with Gasteiger partial charge in [0.15, 0.2) is 0 Å². The summed E-state index contributed by atoms with van der Waals surface area (Å²) in [6.07, 6.45) is 5.00. The van der Waals surface area contributed by atoms with Gasteiger partial charge in [-0.15, -0.1) is 12.4 Å². The fourth-order valence-corrected chi connectivity index (χ4v) is 3.23. The van der Waals surface area contributed by atoms with Gasteiger partial charge in [-0.1, -0.05) is 42.6 Å². The van der Waals surface area contributed by atoms with Crippen LogP contribution in [0.15, 0.2) is 24.3 Å². The normalized spacial score (nSPS) is 23.0. The highest BCUT2D eigenvalue weighted by atomic mass is 35.5. The molecule has 3 atom stereocenters. The summed E-state index contributed by atoms with van der Waals surface area (Å²) in [5.41, 5.74) is 7.05. The Kier molecular flexibility index (Phi) is 7.50. The van der Waals surface area contributed by atoms with Crippen LogP contribution < -0.4 is 11.1 Å². The predicted molar refractivity (Wildman–Crippen MR) is 89.8 cm³/mol. The molecule has 0 saturated heterocycles. The molecule has 3 N–H and O–H groups in total. The van der Waals surface area contributed by atoms with E-state index in [0.29, 0.717) is 17.4 Å². The van der Waals surface area contributed by atoms with E-state index in [4.69, 9.17) is 17.3 Å². The summed E-state index contributed by atoms with van der Waals surface area (Å²) in [4.78, 5) is 12.1. The quantitative estimate of drug-likeness (QED) is 0.880. The summed E-state index contributed by atoms with van der Waals surface area (Å²) in [5.74, 6) is 0.391. The maximum absolute atomic E-state index is 12.1. The molecule has 2 rings (SSSR count). The van der Waals surface area contributed by atoms with Crippen molar-refractivity contribution >= 4 is 29.9 Å². The third kappa shape index (κ3) is 5.17. The minimum Gasteiger partial charge on any atom is -0.350 e. The van der Waals surface area contributed by atoms with Crippen LogP contribution in [0.3, 0.4) is 0 Å². The first-order chi connectivity index (χ1) is 9.58. The topological polar surface area (TPSA) is 55.1 Å². The van der Waals surface area contributed by atoms with Gasteiger partial charge >= 0.3 is 0 Å². The van der Waals surface area contributed by atoms with Crippen LogP contribution in [0.4, 0.5) is 0 Å². The molecular weight excluding hydrogens is 307 g/mol. The van der Waals surface area contributed by atoms with E-state index in [1.165, 1.54) is 12.8 Å². The van der Waals surface area contributed by atoms with Crippen molar-refractivity contribution in [1.29, 1.82) is 0 Å². The Morgan fingerprint density at radius 1 is 1.38 bits per heavy atom. The Morgan fingerprint density at radius 2 is 2.05 bits per heavy atom. The van der Waals surface area contributed by atoms with Crippen molar-refractivity contribution < 1.29 is 4.79 Å². The van der Waals surface area contributed by atoms with Crippen LogP contribution in [0.1, 0.15) is 50.6 Å². The van der Waals surface area contributed by atoms with Crippen LogP contribution in [0.2, 0.25) is 5.02 Å². The highest BCUT2D eigenvalue weighted by molar-refractivity contribution is 6.31. The van der Waals surface area contributed by atoms with Crippen LogP contribution in [-0.2, 0) is 4.79 Å². The largest absolute Gasteiger partial charge is 0.350 e. The molecule has 0 aliphatic heterocycles. The van der Waals surface area contributed by atoms with Gasteiger partial charge in [-0.25, -0.2) is 0 Å². The van der Waals surface area contributed by atoms with E-state index in [9.17, 15) is 4.79 Å². The van der Waals surface area contributed by atoms with Crippen LogP contribution in [0, 0.1) is 5.92 Å². The van der Waals surface area contributed by atoms with Crippen LogP contribution >= 0.6 is 24.0 Å². The lowest BCUT2D eigenvalue weighted by Crippen LogP contribution is -2.37. The van der Waals surface area contributed by atoms with Crippen molar-refractivity contribution in [2.45, 2.75) is 51.1 Å². The van der Waals surface area contributed by atoms with Crippen molar-refractivity contribution in [1.82, 2.24) is 5.32 Å². The summed E-state index contributed by atoms with van der Waals surface area (Å²) in [6.45, 7) is 1.96. The lowest BCUT2D eigenvalue weighted by molar-refractivity contribution is -0.123. The number of rotatable bonds is 4. The lowest BCUT2D eigenvalue weighted by Gasteiger charge is -2.28. The van der Waals surface area contributed by atoms with Crippen LogP contribution in [0.5, 0.6) is 0 Å². The van der Waals surface area contributed by atoms with E-state index < -0.39 is 0 Å². The minimum atomic E-state index is -0.0731. The van der Waals surface area contributed by atoms with Crippen LogP contribution in [-0.4, -0.2) is 11.9 Å². The van der Waals surface area contributed by atoms with Gasteiger partial charge in [0.05, 0.1) is 6.04 Å². The molecule has 1 aromatic rings. The molecule has 1 aliphatic rings. The first-order valence-corrected chi connectivity index (χ1v) is 7.75. The first kappa shape index (κ1) is 18.3. The molecule has 5 heteroatoms. The van der Waals surface area contributed by atoms with E-state index in [2.05, 4.69) is 5.32 Å². The summed E-state index contributed by atoms with van der Waals surface area (Å²) < 4.78 is 0. The number of halogens is 2. The molecule has 0 spiro atoms. The molecule has 0 aromatic heterocycles. The molecule has 0 bridgehead atoms. The van der Waals surface area contributed by atoms with Crippen molar-refractivity contribution in [2.75, 3.05) is 0 Å². The monoisotopic (exact) mass is 330 g/mol. The maximum atomic E-state index is 12.1. The maximum Gasteiger partial charge on any atom is 0.220 e. The third-order valence-corrected chi connectivity index (χ3v) is 4.51. The van der Waals surface area contributed by atoms with Gasteiger partial charge in [0.2, 0.25) is 5.91 Å². The molecule has 0 heterocycles. The molecule has 1 aliphatic carbocycles. The number of nitrogens with two attached hydrogens (primary N) is 1. The fraction of sp³-hybridized carbons (Fsp3) is 0.562. The Bertz CT molecular complexity index is 467. The molecule has 1 saturated carbocycles. The zero-order valence-corrected chi connectivity index (χ0v) is 13.9. The van der Waals surface area contributed by atoms with E-state index in [0.717, 1.165) is 18.4 Å². The van der Waals surface area contributed by atoms with Gasteiger partial charge in [-0.05, 0) is 37.3 Å². The standard InChI is InChI=1S/C16H23ClN2O.ClH/c1-11(13-7-3-4-8-14(13)17)19-16(20)10-12-6-2-5-9-15(12)18;/h3-4,7-8,11-12,15H,2,5-6,9-10,18H2,1H3,(H,19,20);1H. The second-order valence-corrected chi connectivity index (χ2v) is 6.13. The van der Waals surface area contributed by atoms with E-state index in [1.54, 1.807) is 0 Å². The van der Waals surface area contributed by atoms with Gasteiger partial charge in [-0.2, -0.15) is 0 Å². The van der Waals surface area contributed by atoms with Crippen molar-refractivity contribution in [3.05, 3.63) is 34.9 Å². The summed E-state index contributed by atoms with van der Waals surface area (Å²) >= 11 is 6.15. The molecule has 3 nitrogen and oxygen atoms in total. The number of carbonyl (C=O) groups is 1. The van der Waals surface area contributed by atoms with E-state index in [-0.39, 0.29) is 30.4 Å². The molecule has 21 heavy (non-hydrogen) atoms. The Labute approximate surface area is 138 Å². The molecule has 1 fully saturated rings. The van der Waals surface area contributed by atoms with Gasteiger partial charge in [0.1, 0.15) is 0 Å². The zero-order chi connectivity index (χ0) is 14.5. The number of benzene rings is 1. The van der Waals surface area contributed by atoms with E-state index >= 15 is 0 Å². The fourth-order valence-electron chi connectivity index (χ4n) is 2.93. The van der Waals surface area contributed by atoms with Gasteiger partial charge in [-0.3, -0.25) is 4.79 Å². The summed E-state index contributed by atoms with van der Waals surface area (Å²) in [6, 6.07) is 7.71. The smallest absolute Gasteiger partial charge is 0.220 e. The van der Waals surface area contributed by atoms with Crippen molar-refractivity contribution in [3.63, 3.8) is 0 Å². The highest BCUT2D eigenvalue weighted by Crippen LogP contribution is 2.26. The van der Waals surface area contributed by atoms with E-state index in [1.807, 2.05) is 31.2 Å². The average molecular weight is 331 g/mol. The second-order valence-electron chi connectivity index (χ2n) is 5.72. The first-order valence-electron chi connectivity index (χ1n) is 7.37. The molecule has 118 valence electrons. The molecular formula is C16H24Cl2N2O. The number of nitrogens with one attached hydrogen (secondary N) is 1. The van der Waals surface area contributed by atoms with Gasteiger partial charge < -0.3 is 11.1 Å². The molecule has 3 unspecified atom stereocenters. The average Bonchev–Trinajstić information content (AvgIpc) is 2.41. The zero-order valence-electron chi connectivity index (χ0n) is 12.3.